The first-order valence-electron chi connectivity index (χ1n) is 5.52. The number of rotatable bonds is 3. The van der Waals surface area contributed by atoms with Gasteiger partial charge in [-0.2, -0.15) is 4.37 Å². The second-order valence-corrected chi connectivity index (χ2v) is 5.11. The van der Waals surface area contributed by atoms with Gasteiger partial charge in [-0.05, 0) is 25.7 Å². The van der Waals surface area contributed by atoms with Gasteiger partial charge >= 0.3 is 0 Å². The second-order valence-electron chi connectivity index (χ2n) is 4.36. The summed E-state index contributed by atoms with van der Waals surface area (Å²) < 4.78 is 4.45. The van der Waals surface area contributed by atoms with E-state index >= 15 is 0 Å². The molecule has 0 aliphatic heterocycles. The maximum absolute atomic E-state index is 4.57. The van der Waals surface area contributed by atoms with Crippen LogP contribution in [-0.2, 0) is 0 Å². The van der Waals surface area contributed by atoms with Crippen LogP contribution >= 0.6 is 11.5 Å². The van der Waals surface area contributed by atoms with Crippen LogP contribution in [0.1, 0.15) is 50.3 Å². The zero-order valence-electron chi connectivity index (χ0n) is 8.20. The molecule has 1 N–H and O–H groups in total. The number of hydrogen-bond acceptors (Lipinski definition) is 4. The highest BCUT2D eigenvalue weighted by molar-refractivity contribution is 7.09. The monoisotopic (exact) mass is 209 g/mol. The summed E-state index contributed by atoms with van der Waals surface area (Å²) in [6, 6.07) is 0.694. The Hall–Kier alpha value is -0.640. The third-order valence-electron chi connectivity index (χ3n) is 3.07. The Morgan fingerprint density at radius 3 is 2.64 bits per heavy atom. The van der Waals surface area contributed by atoms with Gasteiger partial charge in [-0.25, -0.2) is 4.98 Å². The van der Waals surface area contributed by atoms with E-state index in [9.17, 15) is 0 Å². The summed E-state index contributed by atoms with van der Waals surface area (Å²) in [7, 11) is 0. The molecule has 0 amide bonds. The predicted octanol–water partition coefficient (Wildman–Crippen LogP) is 2.77. The van der Waals surface area contributed by atoms with Crippen LogP contribution in [-0.4, -0.2) is 15.4 Å². The van der Waals surface area contributed by atoms with Gasteiger partial charge in [0.25, 0.3) is 0 Å². The molecular formula is C10H15N3S. The van der Waals surface area contributed by atoms with Crippen LogP contribution in [0.5, 0.6) is 0 Å². The van der Waals surface area contributed by atoms with Crippen molar-refractivity contribution in [3.8, 4) is 0 Å². The van der Waals surface area contributed by atoms with E-state index in [2.05, 4.69) is 14.7 Å². The smallest absolute Gasteiger partial charge is 0.202 e. The summed E-state index contributed by atoms with van der Waals surface area (Å²) in [5, 5.41) is 4.44. The van der Waals surface area contributed by atoms with Crippen LogP contribution in [0.3, 0.4) is 0 Å². The summed E-state index contributed by atoms with van der Waals surface area (Å²) in [5.41, 5.74) is 0. The molecule has 2 aliphatic carbocycles. The average molecular weight is 209 g/mol. The lowest BCUT2D eigenvalue weighted by Gasteiger charge is -2.01. The van der Waals surface area contributed by atoms with Crippen LogP contribution in [0, 0.1) is 0 Å². The molecule has 1 aromatic rings. The number of aromatic nitrogens is 2. The van der Waals surface area contributed by atoms with Gasteiger partial charge in [0, 0.05) is 23.5 Å². The molecule has 4 heteroatoms. The van der Waals surface area contributed by atoms with E-state index in [1.807, 2.05) is 0 Å². The van der Waals surface area contributed by atoms with Gasteiger partial charge in [0.1, 0.15) is 5.82 Å². The fraction of sp³-hybridized carbons (Fsp3) is 0.800. The van der Waals surface area contributed by atoms with E-state index < -0.39 is 0 Å². The van der Waals surface area contributed by atoms with Gasteiger partial charge in [0.05, 0.1) is 0 Å². The molecule has 1 aromatic heterocycles. The highest BCUT2D eigenvalue weighted by atomic mass is 32.1. The minimum absolute atomic E-state index is 0.654. The summed E-state index contributed by atoms with van der Waals surface area (Å²) in [6.07, 6.45) is 7.90. The van der Waals surface area contributed by atoms with E-state index in [1.165, 1.54) is 50.1 Å². The molecule has 0 saturated heterocycles. The molecule has 0 aromatic carbocycles. The van der Waals surface area contributed by atoms with Crippen LogP contribution in [0.15, 0.2) is 0 Å². The van der Waals surface area contributed by atoms with Gasteiger partial charge in [0.2, 0.25) is 5.13 Å². The number of anilines is 1. The van der Waals surface area contributed by atoms with Gasteiger partial charge in [-0.1, -0.05) is 12.8 Å². The fourth-order valence-corrected chi connectivity index (χ4v) is 2.77. The Bertz CT molecular complexity index is 313. The topological polar surface area (TPSA) is 37.8 Å². The Morgan fingerprint density at radius 1 is 1.14 bits per heavy atom. The van der Waals surface area contributed by atoms with E-state index in [4.69, 9.17) is 0 Å². The van der Waals surface area contributed by atoms with Crippen molar-refractivity contribution in [2.24, 2.45) is 0 Å². The Morgan fingerprint density at radius 2 is 1.93 bits per heavy atom. The lowest BCUT2D eigenvalue weighted by Crippen LogP contribution is -2.01. The summed E-state index contributed by atoms with van der Waals surface area (Å²) in [4.78, 5) is 4.57. The molecule has 2 aliphatic rings. The quantitative estimate of drug-likeness (QED) is 0.831. The largest absolute Gasteiger partial charge is 0.358 e. The molecule has 0 spiro atoms. The molecule has 14 heavy (non-hydrogen) atoms. The maximum Gasteiger partial charge on any atom is 0.202 e. The highest BCUT2D eigenvalue weighted by Gasteiger charge is 2.24. The van der Waals surface area contributed by atoms with Crippen molar-refractivity contribution in [3.63, 3.8) is 0 Å². The molecule has 1 heterocycles. The van der Waals surface area contributed by atoms with Gasteiger partial charge in [-0.15, -0.1) is 0 Å². The number of hydrogen-bond donors (Lipinski definition) is 1. The number of nitrogens with zero attached hydrogens (tertiary/aromatic N) is 2. The third kappa shape index (κ3) is 1.75. The van der Waals surface area contributed by atoms with Crippen molar-refractivity contribution in [1.82, 2.24) is 9.36 Å². The molecular weight excluding hydrogens is 194 g/mol. The molecule has 3 rings (SSSR count). The fourth-order valence-electron chi connectivity index (χ4n) is 2.05. The van der Waals surface area contributed by atoms with Gasteiger partial charge < -0.3 is 5.32 Å². The Balaban J connectivity index is 1.68. The third-order valence-corrected chi connectivity index (χ3v) is 3.73. The normalized spacial score (nSPS) is 22.9. The van der Waals surface area contributed by atoms with Crippen molar-refractivity contribution in [2.75, 3.05) is 5.32 Å². The van der Waals surface area contributed by atoms with Crippen LogP contribution < -0.4 is 5.32 Å². The van der Waals surface area contributed by atoms with Crippen LogP contribution in [0.25, 0.3) is 0 Å². The van der Waals surface area contributed by atoms with Crippen molar-refractivity contribution in [2.45, 2.75) is 50.5 Å². The van der Waals surface area contributed by atoms with Crippen molar-refractivity contribution in [1.29, 1.82) is 0 Å². The average Bonchev–Trinajstić information content (AvgIpc) is 2.71. The number of nitrogens with one attached hydrogen (secondary N) is 1. The minimum atomic E-state index is 0.654. The predicted molar refractivity (Wildman–Crippen MR) is 57.8 cm³/mol. The molecule has 0 radical (unpaired) electrons. The molecule has 0 atom stereocenters. The summed E-state index contributed by atoms with van der Waals surface area (Å²) in [6.45, 7) is 0. The van der Waals surface area contributed by atoms with Gasteiger partial charge in [0.15, 0.2) is 0 Å². The van der Waals surface area contributed by atoms with E-state index in [0.717, 1.165) is 11.0 Å². The SMILES string of the molecule is C1CCC(c2nsc(NC3CC3)n2)C1. The zero-order valence-corrected chi connectivity index (χ0v) is 9.02. The standard InChI is InChI=1S/C10H15N3S/c1-2-4-7(3-1)9-12-10(14-13-9)11-8-5-6-8/h7-8H,1-6H2,(H,11,12,13). The molecule has 76 valence electrons. The van der Waals surface area contributed by atoms with Crippen molar-refractivity contribution >= 4 is 16.7 Å². The molecule has 2 fully saturated rings. The lowest BCUT2D eigenvalue weighted by atomic mass is 10.1. The molecule has 3 nitrogen and oxygen atoms in total. The maximum atomic E-state index is 4.57. The second kappa shape index (κ2) is 3.50. The van der Waals surface area contributed by atoms with Crippen molar-refractivity contribution in [3.05, 3.63) is 5.82 Å². The van der Waals surface area contributed by atoms with E-state index in [0.29, 0.717) is 12.0 Å². The summed E-state index contributed by atoms with van der Waals surface area (Å²) >= 11 is 1.53. The lowest BCUT2D eigenvalue weighted by molar-refractivity contribution is 0.681. The van der Waals surface area contributed by atoms with E-state index in [1.54, 1.807) is 0 Å². The van der Waals surface area contributed by atoms with E-state index in [-0.39, 0.29) is 0 Å². The first-order chi connectivity index (χ1) is 6.92. The first-order valence-corrected chi connectivity index (χ1v) is 6.29. The van der Waals surface area contributed by atoms with Crippen LogP contribution in [0.2, 0.25) is 0 Å². The van der Waals surface area contributed by atoms with Gasteiger partial charge in [-0.3, -0.25) is 0 Å². The zero-order chi connectivity index (χ0) is 9.38. The van der Waals surface area contributed by atoms with Crippen molar-refractivity contribution < 1.29 is 0 Å². The summed E-state index contributed by atoms with van der Waals surface area (Å²) in [5.74, 6) is 1.75. The molecule has 0 bridgehead atoms. The first kappa shape index (κ1) is 8.65. The van der Waals surface area contributed by atoms with Crippen LogP contribution in [0.4, 0.5) is 5.13 Å². The Kier molecular flexibility index (Phi) is 2.16. The molecule has 2 saturated carbocycles. The molecule has 0 unspecified atom stereocenters. The Labute approximate surface area is 88.1 Å². The highest BCUT2D eigenvalue weighted by Crippen LogP contribution is 2.34. The minimum Gasteiger partial charge on any atom is -0.358 e.